The zero-order valence-electron chi connectivity index (χ0n) is 13.7. The van der Waals surface area contributed by atoms with Gasteiger partial charge < -0.3 is 14.2 Å². The average molecular weight is 319 g/mol. The van der Waals surface area contributed by atoms with Crippen molar-refractivity contribution in [1.29, 1.82) is 0 Å². The first-order valence-electron chi connectivity index (χ1n) is 7.71. The summed E-state index contributed by atoms with van der Waals surface area (Å²) in [6.45, 7) is 0. The Hall–Kier alpha value is -2.94. The largest absolute Gasteiger partial charge is 0.497 e. The van der Waals surface area contributed by atoms with Gasteiger partial charge in [-0.25, -0.2) is 0 Å². The molecule has 0 N–H and O–H groups in total. The molecule has 3 aromatic rings. The van der Waals surface area contributed by atoms with Crippen molar-refractivity contribution >= 4 is 0 Å². The van der Waals surface area contributed by atoms with Gasteiger partial charge in [0.1, 0.15) is 17.2 Å². The van der Waals surface area contributed by atoms with Crippen LogP contribution in [0.2, 0.25) is 0 Å². The molecule has 0 bridgehead atoms. The summed E-state index contributed by atoms with van der Waals surface area (Å²) in [4.78, 5) is 0. The summed E-state index contributed by atoms with van der Waals surface area (Å²) < 4.78 is 17.2. The normalized spacial score (nSPS) is 11.6. The van der Waals surface area contributed by atoms with E-state index in [2.05, 4.69) is 6.07 Å². The van der Waals surface area contributed by atoms with Crippen LogP contribution in [0.5, 0.6) is 17.2 Å². The molecule has 0 saturated heterocycles. The zero-order valence-corrected chi connectivity index (χ0v) is 13.7. The van der Waals surface area contributed by atoms with E-state index in [4.69, 9.17) is 14.2 Å². The second-order valence-electron chi connectivity index (χ2n) is 5.26. The molecule has 1 radical (unpaired) electrons. The third-order valence-corrected chi connectivity index (χ3v) is 3.75. The fourth-order valence-electron chi connectivity index (χ4n) is 2.57. The highest BCUT2D eigenvalue weighted by Crippen LogP contribution is 2.36. The van der Waals surface area contributed by atoms with E-state index in [9.17, 15) is 0 Å². The Morgan fingerprint density at radius 2 is 1.67 bits per heavy atom. The minimum atomic E-state index is -0.313. The Kier molecular flexibility index (Phi) is 5.02. The van der Waals surface area contributed by atoms with E-state index in [0.717, 1.165) is 28.4 Å². The van der Waals surface area contributed by atoms with Crippen molar-refractivity contribution < 1.29 is 14.2 Å². The molecule has 0 fully saturated rings. The van der Waals surface area contributed by atoms with Crippen LogP contribution in [0.15, 0.2) is 72.8 Å². The zero-order chi connectivity index (χ0) is 16.8. The SMILES string of the molecule is COc1ccc(OC)c(C(Oc2c[c]ccc2)c2ccccc2)c1. The molecule has 0 amide bonds. The minimum Gasteiger partial charge on any atom is -0.497 e. The van der Waals surface area contributed by atoms with Gasteiger partial charge in [-0.1, -0.05) is 42.5 Å². The van der Waals surface area contributed by atoms with Gasteiger partial charge in [-0.15, -0.1) is 0 Å². The predicted molar refractivity (Wildman–Crippen MR) is 93.7 cm³/mol. The lowest BCUT2D eigenvalue weighted by molar-refractivity contribution is 0.240. The number of methoxy groups -OCH3 is 2. The molecule has 3 heteroatoms. The van der Waals surface area contributed by atoms with Crippen molar-refractivity contribution in [3.8, 4) is 17.2 Å². The van der Waals surface area contributed by atoms with Gasteiger partial charge in [0.05, 0.1) is 14.2 Å². The Bertz CT molecular complexity index is 770. The van der Waals surface area contributed by atoms with Crippen LogP contribution >= 0.6 is 0 Å². The Morgan fingerprint density at radius 3 is 2.33 bits per heavy atom. The lowest BCUT2D eigenvalue weighted by atomic mass is 10.00. The van der Waals surface area contributed by atoms with Crippen LogP contribution in [0, 0.1) is 6.07 Å². The van der Waals surface area contributed by atoms with E-state index in [0.29, 0.717) is 0 Å². The smallest absolute Gasteiger partial charge is 0.153 e. The van der Waals surface area contributed by atoms with Crippen molar-refractivity contribution in [3.63, 3.8) is 0 Å². The molecule has 0 heterocycles. The van der Waals surface area contributed by atoms with Crippen LogP contribution in [-0.2, 0) is 0 Å². The van der Waals surface area contributed by atoms with Gasteiger partial charge in [0.25, 0.3) is 0 Å². The maximum Gasteiger partial charge on any atom is 0.153 e. The van der Waals surface area contributed by atoms with Crippen molar-refractivity contribution in [2.45, 2.75) is 6.10 Å². The van der Waals surface area contributed by atoms with Gasteiger partial charge >= 0.3 is 0 Å². The summed E-state index contributed by atoms with van der Waals surface area (Å²) in [6.07, 6.45) is -0.313. The van der Waals surface area contributed by atoms with Crippen molar-refractivity contribution in [2.24, 2.45) is 0 Å². The van der Waals surface area contributed by atoms with E-state index in [1.807, 2.05) is 72.8 Å². The molecule has 0 saturated carbocycles. The first kappa shape index (κ1) is 15.9. The Morgan fingerprint density at radius 1 is 0.833 bits per heavy atom. The molecular formula is C21H19O3. The molecule has 24 heavy (non-hydrogen) atoms. The van der Waals surface area contributed by atoms with Gasteiger partial charge in [-0.3, -0.25) is 0 Å². The molecule has 0 aliphatic rings. The summed E-state index contributed by atoms with van der Waals surface area (Å²) in [5, 5.41) is 0. The summed E-state index contributed by atoms with van der Waals surface area (Å²) >= 11 is 0. The first-order valence-corrected chi connectivity index (χ1v) is 7.71. The van der Waals surface area contributed by atoms with E-state index in [1.165, 1.54) is 0 Å². The summed E-state index contributed by atoms with van der Waals surface area (Å²) in [5.74, 6) is 2.26. The first-order chi connectivity index (χ1) is 11.8. The van der Waals surface area contributed by atoms with Gasteiger partial charge in [0.2, 0.25) is 0 Å². The summed E-state index contributed by atoms with van der Waals surface area (Å²) in [5.41, 5.74) is 1.94. The maximum atomic E-state index is 6.26. The van der Waals surface area contributed by atoms with Gasteiger partial charge in [-0.2, -0.15) is 0 Å². The fraction of sp³-hybridized carbons (Fsp3) is 0.143. The molecule has 3 aromatic carbocycles. The van der Waals surface area contributed by atoms with E-state index in [1.54, 1.807) is 14.2 Å². The molecule has 0 aliphatic carbocycles. The number of hydrogen-bond acceptors (Lipinski definition) is 3. The maximum absolute atomic E-state index is 6.26. The summed E-state index contributed by atoms with van der Waals surface area (Å²) in [7, 11) is 3.31. The fourth-order valence-corrected chi connectivity index (χ4v) is 2.57. The standard InChI is InChI=1S/C21H19O3/c1-22-18-13-14-20(23-2)19(15-18)21(16-9-5-3-6-10-16)24-17-11-7-4-8-12-17/h3-7,9-15,21H,1-2H3. The van der Waals surface area contributed by atoms with Crippen molar-refractivity contribution in [3.05, 3.63) is 90.0 Å². The molecule has 3 rings (SSSR count). The van der Waals surface area contributed by atoms with Crippen LogP contribution in [-0.4, -0.2) is 14.2 Å². The lowest BCUT2D eigenvalue weighted by Gasteiger charge is -2.22. The van der Waals surface area contributed by atoms with Crippen LogP contribution in [0.25, 0.3) is 0 Å². The highest BCUT2D eigenvalue weighted by Gasteiger charge is 2.21. The van der Waals surface area contributed by atoms with Gasteiger partial charge in [0, 0.05) is 5.56 Å². The van der Waals surface area contributed by atoms with Crippen LogP contribution in [0.3, 0.4) is 0 Å². The third-order valence-electron chi connectivity index (χ3n) is 3.75. The minimum absolute atomic E-state index is 0.313. The highest BCUT2D eigenvalue weighted by atomic mass is 16.5. The quantitative estimate of drug-likeness (QED) is 0.660. The average Bonchev–Trinajstić information content (AvgIpc) is 2.67. The molecule has 0 aliphatic heterocycles. The van der Waals surface area contributed by atoms with Gasteiger partial charge in [-0.05, 0) is 42.0 Å². The van der Waals surface area contributed by atoms with E-state index < -0.39 is 0 Å². The van der Waals surface area contributed by atoms with E-state index in [-0.39, 0.29) is 6.10 Å². The Labute approximate surface area is 142 Å². The lowest BCUT2D eigenvalue weighted by Crippen LogP contribution is -2.11. The Balaban J connectivity index is 2.08. The van der Waals surface area contributed by atoms with E-state index >= 15 is 0 Å². The summed E-state index contributed by atoms with van der Waals surface area (Å²) in [6, 6.07) is 26.3. The van der Waals surface area contributed by atoms with Crippen molar-refractivity contribution in [2.75, 3.05) is 14.2 Å². The molecule has 3 nitrogen and oxygen atoms in total. The monoisotopic (exact) mass is 319 g/mol. The second-order valence-corrected chi connectivity index (χ2v) is 5.26. The van der Waals surface area contributed by atoms with Gasteiger partial charge in [0.15, 0.2) is 6.10 Å². The van der Waals surface area contributed by atoms with Crippen LogP contribution in [0.1, 0.15) is 17.2 Å². The molecule has 1 unspecified atom stereocenters. The molecular weight excluding hydrogens is 300 g/mol. The number of hydrogen-bond donors (Lipinski definition) is 0. The highest BCUT2D eigenvalue weighted by molar-refractivity contribution is 5.46. The topological polar surface area (TPSA) is 27.7 Å². The molecule has 0 spiro atoms. The predicted octanol–water partition coefficient (Wildman–Crippen LogP) is 4.67. The molecule has 0 aromatic heterocycles. The number of ether oxygens (including phenoxy) is 3. The number of benzene rings is 3. The number of rotatable bonds is 6. The van der Waals surface area contributed by atoms with Crippen LogP contribution < -0.4 is 14.2 Å². The third kappa shape index (κ3) is 3.51. The van der Waals surface area contributed by atoms with Crippen molar-refractivity contribution in [1.82, 2.24) is 0 Å². The second kappa shape index (κ2) is 7.55. The molecule has 1 atom stereocenters. The van der Waals surface area contributed by atoms with Crippen LogP contribution in [0.4, 0.5) is 0 Å². The molecule has 121 valence electrons.